The molecule has 0 aromatic rings. The van der Waals surface area contributed by atoms with Crippen molar-refractivity contribution < 1.29 is 14.3 Å². The van der Waals surface area contributed by atoms with Crippen LogP contribution in [0.2, 0.25) is 0 Å². The summed E-state index contributed by atoms with van der Waals surface area (Å²) >= 11 is 3.39. The van der Waals surface area contributed by atoms with Crippen molar-refractivity contribution in [2.24, 2.45) is 0 Å². The third-order valence-electron chi connectivity index (χ3n) is 3.17. The summed E-state index contributed by atoms with van der Waals surface area (Å²) in [6.45, 7) is 5.83. The first-order chi connectivity index (χ1) is 8.58. The number of carbonyl (C=O) groups excluding carboxylic acids is 2. The average Bonchev–Trinajstić information content (AvgIpc) is 2.43. The molecule has 1 rings (SSSR count). The molecule has 5 nitrogen and oxygen atoms in total. The molecule has 0 radical (unpaired) electrons. The third kappa shape index (κ3) is 4.57. The van der Waals surface area contributed by atoms with Crippen LogP contribution in [-0.2, 0) is 14.3 Å². The second-order valence-corrected chi connectivity index (χ2v) is 5.47. The van der Waals surface area contributed by atoms with Crippen LogP contribution in [0.3, 0.4) is 0 Å². The van der Waals surface area contributed by atoms with Crippen LogP contribution in [0.4, 0.5) is 0 Å². The van der Waals surface area contributed by atoms with Gasteiger partial charge >= 0.3 is 5.97 Å². The number of rotatable bonds is 5. The molecule has 0 aromatic heterocycles. The van der Waals surface area contributed by atoms with E-state index in [1.54, 1.807) is 0 Å². The summed E-state index contributed by atoms with van der Waals surface area (Å²) in [6.07, 6.45) is 1.22. The highest BCUT2D eigenvalue weighted by Gasteiger charge is 2.24. The number of halogens is 1. The van der Waals surface area contributed by atoms with Crippen molar-refractivity contribution in [1.82, 2.24) is 9.80 Å². The predicted molar refractivity (Wildman–Crippen MR) is 72.7 cm³/mol. The molecule has 1 amide bonds. The van der Waals surface area contributed by atoms with Gasteiger partial charge < -0.3 is 9.64 Å². The molecule has 0 saturated carbocycles. The molecule has 1 aliphatic rings. The van der Waals surface area contributed by atoms with Crippen molar-refractivity contribution in [3.05, 3.63) is 0 Å². The zero-order valence-electron chi connectivity index (χ0n) is 11.0. The monoisotopic (exact) mass is 320 g/mol. The normalized spacial score (nSPS) is 18.5. The van der Waals surface area contributed by atoms with Gasteiger partial charge in [-0.1, -0.05) is 22.9 Å². The molecule has 0 N–H and O–H groups in total. The van der Waals surface area contributed by atoms with Gasteiger partial charge in [0.25, 0.3) is 0 Å². The molecular weight excluding hydrogens is 300 g/mol. The van der Waals surface area contributed by atoms with Gasteiger partial charge in [0.15, 0.2) is 0 Å². The molecule has 0 aromatic carbocycles. The summed E-state index contributed by atoms with van der Waals surface area (Å²) in [5, 5.41) is 0. The van der Waals surface area contributed by atoms with Crippen molar-refractivity contribution in [2.75, 3.05) is 39.8 Å². The zero-order valence-corrected chi connectivity index (χ0v) is 12.6. The molecule has 1 unspecified atom stereocenters. The maximum absolute atomic E-state index is 11.9. The second kappa shape index (κ2) is 7.74. The molecule has 104 valence electrons. The Labute approximate surface area is 117 Å². The van der Waals surface area contributed by atoms with Crippen LogP contribution in [0.1, 0.15) is 19.8 Å². The van der Waals surface area contributed by atoms with E-state index in [-0.39, 0.29) is 16.7 Å². The first-order valence-corrected chi connectivity index (χ1v) is 7.22. The number of amides is 1. The molecule has 0 aliphatic carbocycles. The fraction of sp³-hybridized carbons (Fsp3) is 0.833. The highest BCUT2D eigenvalue weighted by atomic mass is 79.9. The van der Waals surface area contributed by atoms with Gasteiger partial charge in [0.2, 0.25) is 5.91 Å². The first-order valence-electron chi connectivity index (χ1n) is 6.30. The van der Waals surface area contributed by atoms with Gasteiger partial charge in [0.05, 0.1) is 18.4 Å². The Morgan fingerprint density at radius 3 is 2.39 bits per heavy atom. The van der Waals surface area contributed by atoms with Crippen LogP contribution in [0, 0.1) is 0 Å². The van der Waals surface area contributed by atoms with E-state index in [1.165, 1.54) is 7.11 Å². The van der Waals surface area contributed by atoms with E-state index >= 15 is 0 Å². The molecule has 18 heavy (non-hydrogen) atoms. The van der Waals surface area contributed by atoms with Gasteiger partial charge in [0.1, 0.15) is 0 Å². The fourth-order valence-corrected chi connectivity index (χ4v) is 2.21. The number of nitrogens with zero attached hydrogens (tertiary/aromatic N) is 2. The number of hydrogen-bond acceptors (Lipinski definition) is 4. The van der Waals surface area contributed by atoms with E-state index in [0.29, 0.717) is 13.0 Å². The van der Waals surface area contributed by atoms with E-state index in [9.17, 15) is 9.59 Å². The lowest BCUT2D eigenvalue weighted by atomic mass is 10.2. The molecule has 6 heteroatoms. The maximum atomic E-state index is 11.9. The molecule has 1 atom stereocenters. The second-order valence-electron chi connectivity index (χ2n) is 4.37. The highest BCUT2D eigenvalue weighted by Crippen LogP contribution is 2.11. The van der Waals surface area contributed by atoms with Crippen LogP contribution >= 0.6 is 15.9 Å². The molecule has 1 heterocycles. The number of methoxy groups -OCH3 is 1. The lowest BCUT2D eigenvalue weighted by Crippen LogP contribution is -2.50. The van der Waals surface area contributed by atoms with Gasteiger partial charge in [-0.2, -0.15) is 0 Å². The van der Waals surface area contributed by atoms with Gasteiger partial charge in [-0.3, -0.25) is 14.5 Å². The SMILES string of the molecule is CCC(Br)C(=O)N1CCN(CCC(=O)OC)CC1. The smallest absolute Gasteiger partial charge is 0.306 e. The number of alkyl halides is 1. The topological polar surface area (TPSA) is 49.9 Å². The summed E-state index contributed by atoms with van der Waals surface area (Å²) in [7, 11) is 1.40. The maximum Gasteiger partial charge on any atom is 0.306 e. The zero-order chi connectivity index (χ0) is 13.5. The van der Waals surface area contributed by atoms with Crippen molar-refractivity contribution in [3.63, 3.8) is 0 Å². The molecule has 1 saturated heterocycles. The summed E-state index contributed by atoms with van der Waals surface area (Å²) in [4.78, 5) is 27.0. The van der Waals surface area contributed by atoms with Crippen LogP contribution in [0.5, 0.6) is 0 Å². The fourth-order valence-electron chi connectivity index (χ4n) is 1.92. The minimum absolute atomic E-state index is 0.0703. The Balaban J connectivity index is 2.28. The molecule has 1 fully saturated rings. The Hall–Kier alpha value is -0.620. The number of carbonyl (C=O) groups is 2. The minimum atomic E-state index is -0.181. The lowest BCUT2D eigenvalue weighted by Gasteiger charge is -2.35. The van der Waals surface area contributed by atoms with Gasteiger partial charge in [-0.15, -0.1) is 0 Å². The van der Waals surface area contributed by atoms with Gasteiger partial charge in [-0.25, -0.2) is 0 Å². The first kappa shape index (κ1) is 15.4. The summed E-state index contributed by atoms with van der Waals surface area (Å²) < 4.78 is 4.61. The molecule has 0 spiro atoms. The lowest BCUT2D eigenvalue weighted by molar-refractivity contribution is -0.141. The average molecular weight is 321 g/mol. The van der Waals surface area contributed by atoms with Crippen molar-refractivity contribution in [3.8, 4) is 0 Å². The summed E-state index contributed by atoms with van der Waals surface area (Å²) in [5.74, 6) is -0.00914. The summed E-state index contributed by atoms with van der Waals surface area (Å²) in [5.41, 5.74) is 0. The van der Waals surface area contributed by atoms with Crippen LogP contribution in [0.25, 0.3) is 0 Å². The molecule has 0 bridgehead atoms. The largest absolute Gasteiger partial charge is 0.469 e. The van der Waals surface area contributed by atoms with Crippen molar-refractivity contribution in [1.29, 1.82) is 0 Å². The van der Waals surface area contributed by atoms with E-state index in [4.69, 9.17) is 0 Å². The molecule has 1 aliphatic heterocycles. The Morgan fingerprint density at radius 2 is 1.89 bits per heavy atom. The van der Waals surface area contributed by atoms with E-state index in [0.717, 1.165) is 32.6 Å². The quantitative estimate of drug-likeness (QED) is 0.557. The Morgan fingerprint density at radius 1 is 1.28 bits per heavy atom. The van der Waals surface area contributed by atoms with Gasteiger partial charge in [0, 0.05) is 32.7 Å². The number of esters is 1. The summed E-state index contributed by atoms with van der Waals surface area (Å²) in [6, 6.07) is 0. The van der Waals surface area contributed by atoms with E-state index in [2.05, 4.69) is 25.6 Å². The molecular formula is C12H21BrN2O3. The Bertz CT molecular complexity index is 291. The van der Waals surface area contributed by atoms with Crippen molar-refractivity contribution in [2.45, 2.75) is 24.6 Å². The minimum Gasteiger partial charge on any atom is -0.469 e. The number of ether oxygens (including phenoxy) is 1. The number of piperazine rings is 1. The van der Waals surface area contributed by atoms with E-state index < -0.39 is 0 Å². The van der Waals surface area contributed by atoms with Crippen LogP contribution in [-0.4, -0.2) is 66.3 Å². The predicted octanol–water partition coefficient (Wildman–Crippen LogP) is 0.867. The highest BCUT2D eigenvalue weighted by molar-refractivity contribution is 9.10. The van der Waals surface area contributed by atoms with Crippen LogP contribution < -0.4 is 0 Å². The van der Waals surface area contributed by atoms with E-state index in [1.807, 2.05) is 11.8 Å². The Kier molecular flexibility index (Phi) is 6.63. The van der Waals surface area contributed by atoms with Crippen LogP contribution in [0.15, 0.2) is 0 Å². The standard InChI is InChI=1S/C12H21BrN2O3/c1-3-10(13)12(17)15-8-6-14(7-9-15)5-4-11(16)18-2/h10H,3-9H2,1-2H3. The number of hydrogen-bond donors (Lipinski definition) is 0. The van der Waals surface area contributed by atoms with Gasteiger partial charge in [-0.05, 0) is 6.42 Å². The third-order valence-corrected chi connectivity index (χ3v) is 4.21. The van der Waals surface area contributed by atoms with Crippen molar-refractivity contribution >= 4 is 27.8 Å².